The molecule has 0 atom stereocenters. The lowest BCUT2D eigenvalue weighted by atomic mass is 10.0. The Kier molecular flexibility index (Phi) is 12.8. The first-order valence-electron chi connectivity index (χ1n) is 10.4. The third kappa shape index (κ3) is 11.7. The molecule has 0 unspecified atom stereocenters. The van der Waals surface area contributed by atoms with E-state index in [0.717, 1.165) is 12.0 Å². The highest BCUT2D eigenvalue weighted by Crippen LogP contribution is 2.25. The van der Waals surface area contributed by atoms with E-state index in [1.165, 1.54) is 89.5 Å². The van der Waals surface area contributed by atoms with Crippen molar-refractivity contribution in [2.75, 3.05) is 0 Å². The maximum Gasteiger partial charge on any atom is 0.157 e. The van der Waals surface area contributed by atoms with Gasteiger partial charge in [-0.25, -0.2) is 0 Å². The Morgan fingerprint density at radius 2 is 1.20 bits per heavy atom. The predicted octanol–water partition coefficient (Wildman–Crippen LogP) is 7.59. The zero-order chi connectivity index (χ0) is 18.2. The van der Waals surface area contributed by atoms with E-state index in [-0.39, 0.29) is 11.5 Å². The highest BCUT2D eigenvalue weighted by Gasteiger charge is 1.97. The smallest absolute Gasteiger partial charge is 0.157 e. The highest BCUT2D eigenvalue weighted by molar-refractivity contribution is 5.54. The summed E-state index contributed by atoms with van der Waals surface area (Å²) in [7, 11) is 0. The minimum atomic E-state index is -0.0614. The van der Waals surface area contributed by atoms with Gasteiger partial charge in [-0.3, -0.25) is 0 Å². The van der Waals surface area contributed by atoms with Crippen LogP contribution in [0.25, 0.3) is 6.08 Å². The number of benzene rings is 1. The van der Waals surface area contributed by atoms with Crippen molar-refractivity contribution >= 4 is 6.08 Å². The molecule has 0 aliphatic carbocycles. The topological polar surface area (TPSA) is 40.5 Å². The van der Waals surface area contributed by atoms with Gasteiger partial charge >= 0.3 is 0 Å². The van der Waals surface area contributed by atoms with Gasteiger partial charge in [0.05, 0.1) is 0 Å². The van der Waals surface area contributed by atoms with Crippen molar-refractivity contribution in [1.29, 1.82) is 0 Å². The molecule has 0 aromatic heterocycles. The van der Waals surface area contributed by atoms with Crippen LogP contribution in [0.15, 0.2) is 24.3 Å². The molecule has 2 N–H and O–H groups in total. The number of hydrogen-bond donors (Lipinski definition) is 2. The summed E-state index contributed by atoms with van der Waals surface area (Å²) in [6, 6.07) is 4.94. The largest absolute Gasteiger partial charge is 0.504 e. The predicted molar refractivity (Wildman–Crippen MR) is 109 cm³/mol. The van der Waals surface area contributed by atoms with Gasteiger partial charge in [-0.1, -0.05) is 102 Å². The number of phenolic OH excluding ortho intramolecular Hbond substituents is 2. The molecule has 142 valence electrons. The van der Waals surface area contributed by atoms with Crippen LogP contribution in [-0.2, 0) is 0 Å². The summed E-state index contributed by atoms with van der Waals surface area (Å²) in [5.74, 6) is -0.114. The Labute approximate surface area is 155 Å². The SMILES string of the molecule is CCCCCCCCCCCCCCCC=Cc1ccc(O)c(O)c1. The normalized spacial score (nSPS) is 11.4. The van der Waals surface area contributed by atoms with Gasteiger partial charge in [0.1, 0.15) is 0 Å². The lowest BCUT2D eigenvalue weighted by Crippen LogP contribution is -1.82. The molecule has 0 aliphatic heterocycles. The Bertz CT molecular complexity index is 465. The van der Waals surface area contributed by atoms with Gasteiger partial charge in [0.2, 0.25) is 0 Å². The molecule has 0 bridgehead atoms. The van der Waals surface area contributed by atoms with Crippen LogP contribution in [0.4, 0.5) is 0 Å². The molecule has 2 nitrogen and oxygen atoms in total. The van der Waals surface area contributed by atoms with Crippen molar-refractivity contribution in [2.24, 2.45) is 0 Å². The third-order valence-corrected chi connectivity index (χ3v) is 4.78. The average Bonchev–Trinajstić information content (AvgIpc) is 2.61. The molecular formula is C23H38O2. The molecule has 1 aromatic carbocycles. The van der Waals surface area contributed by atoms with Gasteiger partial charge in [-0.15, -0.1) is 0 Å². The van der Waals surface area contributed by atoms with Crippen LogP contribution in [-0.4, -0.2) is 10.2 Å². The van der Waals surface area contributed by atoms with Crippen molar-refractivity contribution in [3.8, 4) is 11.5 Å². The first kappa shape index (κ1) is 21.6. The van der Waals surface area contributed by atoms with Crippen molar-refractivity contribution < 1.29 is 10.2 Å². The summed E-state index contributed by atoms with van der Waals surface area (Å²) >= 11 is 0. The molecule has 0 amide bonds. The van der Waals surface area contributed by atoms with Crippen molar-refractivity contribution in [2.45, 2.75) is 96.8 Å². The molecular weight excluding hydrogens is 308 g/mol. The summed E-state index contributed by atoms with van der Waals surface area (Å²) in [5, 5.41) is 18.7. The van der Waals surface area contributed by atoms with E-state index >= 15 is 0 Å². The Morgan fingerprint density at radius 3 is 1.72 bits per heavy atom. The van der Waals surface area contributed by atoms with Crippen LogP contribution >= 0.6 is 0 Å². The second-order valence-electron chi connectivity index (χ2n) is 7.18. The average molecular weight is 347 g/mol. The summed E-state index contributed by atoms with van der Waals surface area (Å²) in [4.78, 5) is 0. The standard InChI is InChI=1S/C23H38O2/c1-2-3-4-5-6-7-8-9-10-11-12-13-14-15-16-17-21-18-19-22(24)23(25)20-21/h16-20,24-25H,2-15H2,1H3. The number of rotatable bonds is 15. The fourth-order valence-electron chi connectivity index (χ4n) is 3.14. The van der Waals surface area contributed by atoms with E-state index in [9.17, 15) is 10.2 Å². The second-order valence-corrected chi connectivity index (χ2v) is 7.18. The maximum absolute atomic E-state index is 9.44. The van der Waals surface area contributed by atoms with E-state index in [4.69, 9.17) is 0 Å². The van der Waals surface area contributed by atoms with E-state index in [2.05, 4.69) is 13.0 Å². The monoisotopic (exact) mass is 346 g/mol. The van der Waals surface area contributed by atoms with Crippen molar-refractivity contribution in [3.63, 3.8) is 0 Å². The van der Waals surface area contributed by atoms with Gasteiger partial charge in [0, 0.05) is 0 Å². The first-order chi connectivity index (χ1) is 12.2. The van der Waals surface area contributed by atoms with Crippen LogP contribution in [0.3, 0.4) is 0 Å². The van der Waals surface area contributed by atoms with Gasteiger partial charge in [-0.05, 0) is 30.5 Å². The molecule has 0 radical (unpaired) electrons. The summed E-state index contributed by atoms with van der Waals surface area (Å²) in [6.45, 7) is 2.28. The second kappa shape index (κ2) is 14.9. The Hall–Kier alpha value is -1.44. The molecule has 0 aliphatic rings. The molecule has 0 spiro atoms. The van der Waals surface area contributed by atoms with E-state index < -0.39 is 0 Å². The molecule has 2 heteroatoms. The third-order valence-electron chi connectivity index (χ3n) is 4.78. The molecule has 0 saturated heterocycles. The van der Waals surface area contributed by atoms with E-state index in [1.54, 1.807) is 6.07 Å². The lowest BCUT2D eigenvalue weighted by Gasteiger charge is -2.02. The zero-order valence-corrected chi connectivity index (χ0v) is 16.2. The fourth-order valence-corrected chi connectivity index (χ4v) is 3.14. The highest BCUT2D eigenvalue weighted by atomic mass is 16.3. The van der Waals surface area contributed by atoms with Gasteiger partial charge in [0.15, 0.2) is 11.5 Å². The minimum absolute atomic E-state index is 0.0527. The zero-order valence-electron chi connectivity index (χ0n) is 16.2. The number of allylic oxidation sites excluding steroid dienone is 1. The van der Waals surface area contributed by atoms with Crippen molar-refractivity contribution in [3.05, 3.63) is 29.8 Å². The molecule has 0 fully saturated rings. The number of hydrogen-bond acceptors (Lipinski definition) is 2. The van der Waals surface area contributed by atoms with E-state index in [0.29, 0.717) is 0 Å². The van der Waals surface area contributed by atoms with Crippen LogP contribution in [0.5, 0.6) is 11.5 Å². The maximum atomic E-state index is 9.44. The number of aromatic hydroxyl groups is 2. The van der Waals surface area contributed by atoms with Gasteiger partial charge in [0.25, 0.3) is 0 Å². The Morgan fingerprint density at radius 1 is 0.680 bits per heavy atom. The van der Waals surface area contributed by atoms with Gasteiger partial charge < -0.3 is 10.2 Å². The molecule has 25 heavy (non-hydrogen) atoms. The molecule has 1 aromatic rings. The van der Waals surface area contributed by atoms with Crippen molar-refractivity contribution in [1.82, 2.24) is 0 Å². The molecule has 0 heterocycles. The lowest BCUT2D eigenvalue weighted by molar-refractivity contribution is 0.403. The van der Waals surface area contributed by atoms with Crippen LogP contribution in [0.2, 0.25) is 0 Å². The van der Waals surface area contributed by atoms with Crippen LogP contribution in [0, 0.1) is 0 Å². The van der Waals surface area contributed by atoms with Gasteiger partial charge in [-0.2, -0.15) is 0 Å². The number of phenols is 2. The minimum Gasteiger partial charge on any atom is -0.504 e. The first-order valence-corrected chi connectivity index (χ1v) is 10.4. The fraction of sp³-hybridized carbons (Fsp3) is 0.652. The Balaban J connectivity index is 1.87. The summed E-state index contributed by atoms with van der Waals surface area (Å²) < 4.78 is 0. The number of unbranched alkanes of at least 4 members (excludes halogenated alkanes) is 13. The molecule has 0 saturated carbocycles. The summed E-state index contributed by atoms with van der Waals surface area (Å²) in [5.41, 5.74) is 0.935. The van der Waals surface area contributed by atoms with Crippen LogP contribution in [0.1, 0.15) is 102 Å². The van der Waals surface area contributed by atoms with Crippen LogP contribution < -0.4 is 0 Å². The molecule has 1 rings (SSSR count). The van der Waals surface area contributed by atoms with E-state index in [1.807, 2.05) is 12.1 Å². The summed E-state index contributed by atoms with van der Waals surface area (Å²) in [6.07, 6.45) is 23.3. The quantitative estimate of drug-likeness (QED) is 0.253.